The summed E-state index contributed by atoms with van der Waals surface area (Å²) in [5, 5.41) is 3.40. The Hall–Kier alpha value is -0.800. The Kier molecular flexibility index (Phi) is 3.89. The minimum absolute atomic E-state index is 0.120. The molecule has 0 bridgehead atoms. The topological polar surface area (TPSA) is 34.4 Å². The number of nitrogens with one attached hydrogen (secondary N) is 1. The van der Waals surface area contributed by atoms with E-state index in [1.165, 1.54) is 12.8 Å². The second-order valence-electron chi connectivity index (χ2n) is 5.93. The molecule has 3 nitrogen and oxygen atoms in total. The average Bonchev–Trinajstić information content (AvgIpc) is 2.93. The largest absolute Gasteiger partial charge is 0.462 e. The molecule has 0 aromatic carbocycles. The first-order valence-corrected chi connectivity index (χ1v) is 6.43. The van der Waals surface area contributed by atoms with Crippen molar-refractivity contribution in [2.75, 3.05) is 6.61 Å². The third-order valence-corrected chi connectivity index (χ3v) is 2.81. The van der Waals surface area contributed by atoms with E-state index in [0.717, 1.165) is 30.6 Å². The van der Waals surface area contributed by atoms with E-state index >= 15 is 0 Å². The molecule has 0 amide bonds. The summed E-state index contributed by atoms with van der Waals surface area (Å²) in [5.41, 5.74) is 0.120. The lowest BCUT2D eigenvalue weighted by Crippen LogP contribution is -2.34. The Bertz CT molecular complexity index is 347. The summed E-state index contributed by atoms with van der Waals surface area (Å²) in [7, 11) is 0. The smallest absolute Gasteiger partial charge is 0.129 e. The van der Waals surface area contributed by atoms with Crippen molar-refractivity contribution < 1.29 is 9.15 Å². The van der Waals surface area contributed by atoms with Gasteiger partial charge in [-0.25, -0.2) is 0 Å². The van der Waals surface area contributed by atoms with Crippen LogP contribution in [0.25, 0.3) is 0 Å². The second-order valence-corrected chi connectivity index (χ2v) is 5.93. The molecule has 1 aromatic rings. The van der Waals surface area contributed by atoms with E-state index in [1.54, 1.807) is 0 Å². The van der Waals surface area contributed by atoms with Gasteiger partial charge < -0.3 is 14.5 Å². The maximum atomic E-state index is 5.69. The first-order chi connectivity index (χ1) is 8.03. The van der Waals surface area contributed by atoms with Crippen molar-refractivity contribution in [1.29, 1.82) is 0 Å². The van der Waals surface area contributed by atoms with Crippen molar-refractivity contribution >= 4 is 0 Å². The van der Waals surface area contributed by atoms with Crippen molar-refractivity contribution in [2.24, 2.45) is 5.92 Å². The van der Waals surface area contributed by atoms with Gasteiger partial charge in [-0.05, 0) is 51.7 Å². The van der Waals surface area contributed by atoms with Crippen molar-refractivity contribution in [3.8, 4) is 0 Å². The molecule has 0 radical (unpaired) electrons. The highest BCUT2D eigenvalue weighted by Gasteiger charge is 2.21. The van der Waals surface area contributed by atoms with E-state index in [-0.39, 0.29) is 5.54 Å². The van der Waals surface area contributed by atoms with Gasteiger partial charge in [0.2, 0.25) is 0 Å². The molecule has 3 heteroatoms. The number of furan rings is 1. The van der Waals surface area contributed by atoms with Gasteiger partial charge >= 0.3 is 0 Å². The standard InChI is InChI=1S/C14H23NO2/c1-14(2,3)15-8-12-6-7-13(17-12)10-16-9-11-4-5-11/h6-7,11,15H,4-5,8-10H2,1-3H3. The number of ether oxygens (including phenoxy) is 1. The van der Waals surface area contributed by atoms with Gasteiger partial charge in [0, 0.05) is 12.1 Å². The molecular formula is C14H23NO2. The minimum atomic E-state index is 0.120. The zero-order valence-corrected chi connectivity index (χ0v) is 11.1. The van der Waals surface area contributed by atoms with Gasteiger partial charge in [0.1, 0.15) is 18.1 Å². The molecule has 1 aliphatic carbocycles. The molecule has 1 heterocycles. The molecule has 0 aliphatic heterocycles. The van der Waals surface area contributed by atoms with Crippen LogP contribution < -0.4 is 5.32 Å². The Morgan fingerprint density at radius 2 is 2.00 bits per heavy atom. The number of hydrogen-bond acceptors (Lipinski definition) is 3. The van der Waals surface area contributed by atoms with Crippen molar-refractivity contribution in [3.05, 3.63) is 23.7 Å². The summed E-state index contributed by atoms with van der Waals surface area (Å²) in [6, 6.07) is 4.03. The van der Waals surface area contributed by atoms with Gasteiger partial charge in [0.05, 0.1) is 6.54 Å². The molecule has 1 aliphatic rings. The first kappa shape index (κ1) is 12.7. The van der Waals surface area contributed by atoms with Crippen LogP contribution >= 0.6 is 0 Å². The molecule has 0 unspecified atom stereocenters. The zero-order chi connectivity index (χ0) is 12.3. The van der Waals surface area contributed by atoms with E-state index in [1.807, 2.05) is 12.1 Å². The first-order valence-electron chi connectivity index (χ1n) is 6.43. The lowest BCUT2D eigenvalue weighted by molar-refractivity contribution is 0.0962. The van der Waals surface area contributed by atoms with E-state index in [9.17, 15) is 0 Å². The summed E-state index contributed by atoms with van der Waals surface area (Å²) in [4.78, 5) is 0. The predicted octanol–water partition coefficient (Wildman–Crippen LogP) is 3.09. The highest BCUT2D eigenvalue weighted by atomic mass is 16.5. The molecule has 0 saturated heterocycles. The Morgan fingerprint density at radius 3 is 2.65 bits per heavy atom. The minimum Gasteiger partial charge on any atom is -0.462 e. The molecule has 0 spiro atoms. The number of rotatable bonds is 6. The SMILES string of the molecule is CC(C)(C)NCc1ccc(COCC2CC2)o1. The van der Waals surface area contributed by atoms with Crippen LogP contribution in [0.2, 0.25) is 0 Å². The van der Waals surface area contributed by atoms with E-state index in [4.69, 9.17) is 9.15 Å². The Labute approximate surface area is 104 Å². The molecule has 96 valence electrons. The van der Waals surface area contributed by atoms with E-state index in [0.29, 0.717) is 6.61 Å². The Morgan fingerprint density at radius 1 is 1.29 bits per heavy atom. The van der Waals surface area contributed by atoms with Crippen LogP contribution in [0.3, 0.4) is 0 Å². The van der Waals surface area contributed by atoms with Gasteiger partial charge in [-0.3, -0.25) is 0 Å². The average molecular weight is 237 g/mol. The van der Waals surface area contributed by atoms with Gasteiger partial charge in [0.15, 0.2) is 0 Å². The number of hydrogen-bond donors (Lipinski definition) is 1. The predicted molar refractivity (Wildman–Crippen MR) is 67.7 cm³/mol. The molecular weight excluding hydrogens is 214 g/mol. The third-order valence-electron chi connectivity index (χ3n) is 2.81. The summed E-state index contributed by atoms with van der Waals surface area (Å²) >= 11 is 0. The highest BCUT2D eigenvalue weighted by molar-refractivity contribution is 5.06. The molecule has 1 N–H and O–H groups in total. The molecule has 2 rings (SSSR count). The van der Waals surface area contributed by atoms with Crippen LogP contribution in [0.5, 0.6) is 0 Å². The van der Waals surface area contributed by atoms with Gasteiger partial charge in [-0.1, -0.05) is 0 Å². The summed E-state index contributed by atoms with van der Waals surface area (Å²) < 4.78 is 11.3. The lowest BCUT2D eigenvalue weighted by Gasteiger charge is -2.19. The molecule has 17 heavy (non-hydrogen) atoms. The normalized spacial score (nSPS) is 16.4. The maximum absolute atomic E-state index is 5.69. The van der Waals surface area contributed by atoms with Gasteiger partial charge in [-0.2, -0.15) is 0 Å². The van der Waals surface area contributed by atoms with Crippen molar-refractivity contribution in [2.45, 2.75) is 52.3 Å². The highest BCUT2D eigenvalue weighted by Crippen LogP contribution is 2.29. The van der Waals surface area contributed by atoms with E-state index < -0.39 is 0 Å². The fourth-order valence-corrected chi connectivity index (χ4v) is 1.56. The maximum Gasteiger partial charge on any atom is 0.129 e. The molecule has 1 fully saturated rings. The summed E-state index contributed by atoms with van der Waals surface area (Å²) in [5.74, 6) is 2.72. The van der Waals surface area contributed by atoms with Crippen LogP contribution in [0.4, 0.5) is 0 Å². The monoisotopic (exact) mass is 237 g/mol. The van der Waals surface area contributed by atoms with Crippen LogP contribution in [-0.4, -0.2) is 12.1 Å². The van der Waals surface area contributed by atoms with Crippen LogP contribution in [0, 0.1) is 5.92 Å². The Balaban J connectivity index is 1.70. The van der Waals surface area contributed by atoms with Crippen LogP contribution in [0.1, 0.15) is 45.1 Å². The van der Waals surface area contributed by atoms with Gasteiger partial charge in [0.25, 0.3) is 0 Å². The van der Waals surface area contributed by atoms with Crippen molar-refractivity contribution in [3.63, 3.8) is 0 Å². The van der Waals surface area contributed by atoms with Crippen molar-refractivity contribution in [1.82, 2.24) is 5.32 Å². The fourth-order valence-electron chi connectivity index (χ4n) is 1.56. The molecule has 0 atom stereocenters. The third kappa shape index (κ3) is 4.92. The van der Waals surface area contributed by atoms with Crippen LogP contribution in [-0.2, 0) is 17.9 Å². The summed E-state index contributed by atoms with van der Waals surface area (Å²) in [6.07, 6.45) is 2.66. The van der Waals surface area contributed by atoms with Crippen LogP contribution in [0.15, 0.2) is 16.5 Å². The second kappa shape index (κ2) is 5.23. The quantitative estimate of drug-likeness (QED) is 0.825. The zero-order valence-electron chi connectivity index (χ0n) is 11.1. The van der Waals surface area contributed by atoms with Gasteiger partial charge in [-0.15, -0.1) is 0 Å². The lowest BCUT2D eigenvalue weighted by atomic mass is 10.1. The fraction of sp³-hybridized carbons (Fsp3) is 0.714. The molecule has 1 saturated carbocycles. The molecule has 1 aromatic heterocycles. The summed E-state index contributed by atoms with van der Waals surface area (Å²) in [6.45, 7) is 8.70. The van der Waals surface area contributed by atoms with E-state index in [2.05, 4.69) is 26.1 Å².